The molecule has 3 rings (SSSR count). The van der Waals surface area contributed by atoms with Gasteiger partial charge in [-0.2, -0.15) is 10.1 Å². The van der Waals surface area contributed by atoms with Crippen molar-refractivity contribution in [2.24, 2.45) is 5.92 Å². The molecule has 1 aromatic carbocycles. The van der Waals surface area contributed by atoms with Crippen LogP contribution in [-0.2, 0) is 0 Å². The van der Waals surface area contributed by atoms with Crippen LogP contribution in [0, 0.1) is 12.8 Å². The van der Waals surface area contributed by atoms with Crippen LogP contribution in [0.25, 0.3) is 0 Å². The minimum Gasteiger partial charge on any atom is -0.355 e. The molecule has 21 heavy (non-hydrogen) atoms. The fourth-order valence-electron chi connectivity index (χ4n) is 2.75. The summed E-state index contributed by atoms with van der Waals surface area (Å²) in [6.45, 7) is 6.44. The molecule has 5 heteroatoms. The first-order valence-corrected chi connectivity index (χ1v) is 7.49. The maximum Gasteiger partial charge on any atom is 0.249 e. The van der Waals surface area contributed by atoms with Gasteiger partial charge in [-0.05, 0) is 43.4 Å². The number of rotatable bonds is 3. The molecule has 1 atom stereocenters. The standard InChI is InChI=1S/C16H21N5/c1-12-5-3-7-14(9-12)18-16-19-15(10-17-20-16)21-8-4-6-13(2)11-21/h3,5,7,9-10,13H,4,6,8,11H2,1-2H3,(H,18,19,20). The van der Waals surface area contributed by atoms with Crippen LogP contribution in [0.15, 0.2) is 30.5 Å². The highest BCUT2D eigenvalue weighted by Crippen LogP contribution is 2.22. The zero-order valence-corrected chi connectivity index (χ0v) is 12.6. The highest BCUT2D eigenvalue weighted by Gasteiger charge is 2.18. The number of hydrogen-bond donors (Lipinski definition) is 1. The lowest BCUT2D eigenvalue weighted by atomic mass is 10.0. The first-order chi connectivity index (χ1) is 10.2. The molecule has 1 aliphatic rings. The third-order valence-electron chi connectivity index (χ3n) is 3.80. The maximum absolute atomic E-state index is 4.60. The van der Waals surface area contributed by atoms with Gasteiger partial charge in [-0.3, -0.25) is 0 Å². The maximum atomic E-state index is 4.60. The van der Waals surface area contributed by atoms with Gasteiger partial charge in [0.15, 0.2) is 5.82 Å². The van der Waals surface area contributed by atoms with Gasteiger partial charge in [0.25, 0.3) is 0 Å². The molecule has 1 aromatic heterocycles. The molecule has 0 saturated carbocycles. The van der Waals surface area contributed by atoms with Gasteiger partial charge >= 0.3 is 0 Å². The molecule has 1 saturated heterocycles. The lowest BCUT2D eigenvalue weighted by Gasteiger charge is -2.31. The van der Waals surface area contributed by atoms with Crippen LogP contribution < -0.4 is 10.2 Å². The van der Waals surface area contributed by atoms with Crippen molar-refractivity contribution in [2.45, 2.75) is 26.7 Å². The second kappa shape index (κ2) is 6.08. The van der Waals surface area contributed by atoms with Crippen molar-refractivity contribution in [2.75, 3.05) is 23.3 Å². The summed E-state index contributed by atoms with van der Waals surface area (Å²) in [5.74, 6) is 2.17. The lowest BCUT2D eigenvalue weighted by Crippen LogP contribution is -2.35. The van der Waals surface area contributed by atoms with Gasteiger partial charge in [-0.15, -0.1) is 5.10 Å². The molecule has 1 unspecified atom stereocenters. The van der Waals surface area contributed by atoms with Gasteiger partial charge in [0.2, 0.25) is 5.95 Å². The van der Waals surface area contributed by atoms with E-state index in [0.717, 1.165) is 24.6 Å². The third kappa shape index (κ3) is 3.48. The molecule has 0 aliphatic carbocycles. The number of nitrogens with one attached hydrogen (secondary N) is 1. The molecular weight excluding hydrogens is 262 g/mol. The van der Waals surface area contributed by atoms with Crippen LogP contribution in [-0.4, -0.2) is 28.3 Å². The summed E-state index contributed by atoms with van der Waals surface area (Å²) in [7, 11) is 0. The van der Waals surface area contributed by atoms with E-state index in [4.69, 9.17) is 0 Å². The van der Waals surface area contributed by atoms with Crippen LogP contribution in [0.1, 0.15) is 25.3 Å². The summed E-state index contributed by atoms with van der Waals surface area (Å²) in [6, 6.07) is 8.15. The molecule has 0 bridgehead atoms. The molecule has 5 nitrogen and oxygen atoms in total. The quantitative estimate of drug-likeness (QED) is 0.937. The van der Waals surface area contributed by atoms with Crippen LogP contribution in [0.2, 0.25) is 0 Å². The SMILES string of the molecule is Cc1cccc(Nc2nncc(N3CCCC(C)C3)n2)c1. The van der Waals surface area contributed by atoms with Gasteiger partial charge in [-0.25, -0.2) is 0 Å². The Hall–Kier alpha value is -2.17. The summed E-state index contributed by atoms with van der Waals surface area (Å²) in [5, 5.41) is 11.4. The Balaban J connectivity index is 1.76. The Morgan fingerprint density at radius 2 is 2.24 bits per heavy atom. The molecular formula is C16H21N5. The van der Waals surface area contributed by atoms with E-state index in [9.17, 15) is 0 Å². The predicted molar refractivity (Wildman–Crippen MR) is 84.9 cm³/mol. The normalized spacial score (nSPS) is 18.6. The summed E-state index contributed by atoms with van der Waals surface area (Å²) >= 11 is 0. The Labute approximate surface area is 125 Å². The van der Waals surface area contributed by atoms with E-state index in [-0.39, 0.29) is 0 Å². The Morgan fingerprint density at radius 1 is 1.33 bits per heavy atom. The second-order valence-corrected chi connectivity index (χ2v) is 5.83. The molecule has 0 amide bonds. The smallest absolute Gasteiger partial charge is 0.249 e. The zero-order chi connectivity index (χ0) is 14.7. The number of aromatic nitrogens is 3. The topological polar surface area (TPSA) is 53.9 Å². The fourth-order valence-corrected chi connectivity index (χ4v) is 2.75. The zero-order valence-electron chi connectivity index (χ0n) is 12.6. The van der Waals surface area contributed by atoms with Crippen molar-refractivity contribution >= 4 is 17.5 Å². The van der Waals surface area contributed by atoms with Gasteiger partial charge in [0.1, 0.15) is 0 Å². The van der Waals surface area contributed by atoms with Crippen molar-refractivity contribution in [1.29, 1.82) is 0 Å². The van der Waals surface area contributed by atoms with Gasteiger partial charge in [0.05, 0.1) is 6.20 Å². The number of aryl methyl sites for hydroxylation is 1. The van der Waals surface area contributed by atoms with E-state index in [1.54, 1.807) is 6.20 Å². The van der Waals surface area contributed by atoms with E-state index < -0.39 is 0 Å². The largest absolute Gasteiger partial charge is 0.355 e. The predicted octanol–water partition coefficient (Wildman–Crippen LogP) is 3.16. The summed E-state index contributed by atoms with van der Waals surface area (Å²) < 4.78 is 0. The van der Waals surface area contributed by atoms with Crippen LogP contribution >= 0.6 is 0 Å². The number of benzene rings is 1. The van der Waals surface area contributed by atoms with Gasteiger partial charge in [0, 0.05) is 18.8 Å². The van der Waals surface area contributed by atoms with E-state index in [0.29, 0.717) is 11.9 Å². The van der Waals surface area contributed by atoms with Crippen molar-refractivity contribution in [3.8, 4) is 0 Å². The third-order valence-corrected chi connectivity index (χ3v) is 3.80. The van der Waals surface area contributed by atoms with E-state index in [1.165, 1.54) is 18.4 Å². The molecule has 0 spiro atoms. The molecule has 1 fully saturated rings. The van der Waals surface area contributed by atoms with Crippen molar-refractivity contribution in [3.63, 3.8) is 0 Å². The Bertz CT molecular complexity index is 613. The van der Waals surface area contributed by atoms with Gasteiger partial charge < -0.3 is 10.2 Å². The average Bonchev–Trinajstić information content (AvgIpc) is 2.47. The monoisotopic (exact) mass is 283 g/mol. The van der Waals surface area contributed by atoms with Crippen molar-refractivity contribution in [1.82, 2.24) is 15.2 Å². The van der Waals surface area contributed by atoms with E-state index in [1.807, 2.05) is 12.1 Å². The first-order valence-electron chi connectivity index (χ1n) is 7.49. The van der Waals surface area contributed by atoms with E-state index >= 15 is 0 Å². The molecule has 1 aliphatic heterocycles. The highest BCUT2D eigenvalue weighted by atomic mass is 15.3. The average molecular weight is 283 g/mol. The molecule has 110 valence electrons. The van der Waals surface area contributed by atoms with Gasteiger partial charge in [-0.1, -0.05) is 19.1 Å². The molecule has 2 heterocycles. The summed E-state index contributed by atoms with van der Waals surface area (Å²) in [5.41, 5.74) is 2.19. The number of hydrogen-bond acceptors (Lipinski definition) is 5. The number of nitrogens with zero attached hydrogens (tertiary/aromatic N) is 4. The Morgan fingerprint density at radius 3 is 3.05 bits per heavy atom. The fraction of sp³-hybridized carbons (Fsp3) is 0.438. The molecule has 0 radical (unpaired) electrons. The van der Waals surface area contributed by atoms with Crippen LogP contribution in [0.4, 0.5) is 17.5 Å². The summed E-state index contributed by atoms with van der Waals surface area (Å²) in [6.07, 6.45) is 4.26. The molecule has 1 N–H and O–H groups in total. The number of anilines is 3. The van der Waals surface area contributed by atoms with Crippen LogP contribution in [0.3, 0.4) is 0 Å². The lowest BCUT2D eigenvalue weighted by molar-refractivity contribution is 0.444. The number of piperidine rings is 1. The molecule has 2 aromatic rings. The van der Waals surface area contributed by atoms with E-state index in [2.05, 4.69) is 51.4 Å². The first kappa shape index (κ1) is 13.8. The minimum absolute atomic E-state index is 0.552. The Kier molecular flexibility index (Phi) is 3.99. The second-order valence-electron chi connectivity index (χ2n) is 5.83. The van der Waals surface area contributed by atoms with Crippen molar-refractivity contribution in [3.05, 3.63) is 36.0 Å². The van der Waals surface area contributed by atoms with Crippen molar-refractivity contribution < 1.29 is 0 Å². The minimum atomic E-state index is 0.552. The highest BCUT2D eigenvalue weighted by molar-refractivity contribution is 5.55. The summed E-state index contributed by atoms with van der Waals surface area (Å²) in [4.78, 5) is 6.89. The van der Waals surface area contributed by atoms with Crippen LogP contribution in [0.5, 0.6) is 0 Å².